The molecule has 0 heterocycles. The Labute approximate surface area is 159 Å². The van der Waals surface area contributed by atoms with Crippen LogP contribution in [0.1, 0.15) is 40.9 Å². The topological polar surface area (TPSA) is 20.2 Å². The van der Waals surface area contributed by atoms with Crippen LogP contribution < -0.4 is 24.8 Å². The van der Waals surface area contributed by atoms with Crippen molar-refractivity contribution in [1.29, 1.82) is 0 Å². The summed E-state index contributed by atoms with van der Waals surface area (Å²) < 4.78 is 4.92. The number of hydrogen-bond acceptors (Lipinski definition) is 1. The Morgan fingerprint density at radius 1 is 1.26 bits per heavy atom. The van der Waals surface area contributed by atoms with E-state index in [-0.39, 0.29) is 24.8 Å². The van der Waals surface area contributed by atoms with Crippen molar-refractivity contribution in [3.05, 3.63) is 62.5 Å². The summed E-state index contributed by atoms with van der Waals surface area (Å²) in [6.07, 6.45) is 12.6. The minimum absolute atomic E-state index is 0. The molecule has 0 bridgehead atoms. The van der Waals surface area contributed by atoms with Crippen molar-refractivity contribution in [1.82, 2.24) is 0 Å². The SMILES string of the molecule is C[CH]=[Zr+2]([C]1=CC(CCCO)=CC1)[CH]1C=Cc2ccccc21.[Cl-].[Cl-]. The van der Waals surface area contributed by atoms with Gasteiger partial charge in [-0.3, -0.25) is 0 Å². The van der Waals surface area contributed by atoms with Crippen molar-refractivity contribution in [3.63, 3.8) is 0 Å². The summed E-state index contributed by atoms with van der Waals surface area (Å²) in [7, 11) is 0. The summed E-state index contributed by atoms with van der Waals surface area (Å²) in [4.78, 5) is 0. The number of fused-ring (bicyclic) bond motifs is 1. The van der Waals surface area contributed by atoms with Crippen LogP contribution in [-0.2, 0) is 21.3 Å². The second-order valence-electron chi connectivity index (χ2n) is 5.69. The fraction of sp³-hybridized carbons (Fsp3) is 0.316. The van der Waals surface area contributed by atoms with Gasteiger partial charge in [-0.15, -0.1) is 0 Å². The van der Waals surface area contributed by atoms with Gasteiger partial charge in [-0.1, -0.05) is 0 Å². The first kappa shape index (κ1) is 20.8. The van der Waals surface area contributed by atoms with Crippen molar-refractivity contribution in [2.24, 2.45) is 0 Å². The molecule has 23 heavy (non-hydrogen) atoms. The second-order valence-corrected chi connectivity index (χ2v) is 12.5. The summed E-state index contributed by atoms with van der Waals surface area (Å²) >= 11 is -1.75. The molecule has 1 N–H and O–H groups in total. The van der Waals surface area contributed by atoms with Gasteiger partial charge in [0.05, 0.1) is 0 Å². The standard InChI is InChI=1S/C9H7.C8H11O.C2H4.2ClH.Zr/c1-2-5-9-7-3-6-8(9)4-1;9-7-3-6-8-4-1-2-5-8;1-2;;;/h1-7H;4-5,9H,1,3,6-7H2;1H,2H3;2*1H;/q;;;;;+2/p-2. The molecule has 0 aromatic heterocycles. The van der Waals surface area contributed by atoms with Crippen molar-refractivity contribution in [2.75, 3.05) is 6.61 Å². The molecule has 1 atom stereocenters. The second kappa shape index (κ2) is 9.89. The number of halogens is 2. The maximum atomic E-state index is 8.98. The van der Waals surface area contributed by atoms with Crippen molar-refractivity contribution >= 4 is 9.78 Å². The van der Waals surface area contributed by atoms with E-state index in [1.54, 1.807) is 3.28 Å². The molecule has 0 amide bonds. The molecule has 3 rings (SSSR count). The quantitative estimate of drug-likeness (QED) is 0.586. The largest absolute Gasteiger partial charge is 1.00 e. The third-order valence-corrected chi connectivity index (χ3v) is 11.5. The van der Waals surface area contributed by atoms with E-state index in [1.165, 1.54) is 16.7 Å². The number of hydrogen-bond donors (Lipinski definition) is 1. The third-order valence-electron chi connectivity index (χ3n) is 4.38. The average Bonchev–Trinajstić information content (AvgIpc) is 3.14. The summed E-state index contributed by atoms with van der Waals surface area (Å²) in [5.74, 6) is 0. The van der Waals surface area contributed by atoms with Gasteiger partial charge in [0.2, 0.25) is 0 Å². The van der Waals surface area contributed by atoms with Gasteiger partial charge in [0.15, 0.2) is 0 Å². The van der Waals surface area contributed by atoms with Gasteiger partial charge < -0.3 is 24.8 Å². The molecule has 1 aromatic rings. The number of aliphatic hydroxyl groups is 1. The molecule has 0 aliphatic heterocycles. The molecule has 1 nitrogen and oxygen atoms in total. The monoisotopic (exact) mass is 426 g/mol. The Morgan fingerprint density at radius 2 is 2.04 bits per heavy atom. The first-order valence-electron chi connectivity index (χ1n) is 7.77. The van der Waals surface area contributed by atoms with E-state index >= 15 is 0 Å². The fourth-order valence-electron chi connectivity index (χ4n) is 3.33. The zero-order chi connectivity index (χ0) is 14.7. The molecule has 2 aliphatic carbocycles. The van der Waals surface area contributed by atoms with Gasteiger partial charge in [0.1, 0.15) is 0 Å². The van der Waals surface area contributed by atoms with Gasteiger partial charge in [0.25, 0.3) is 0 Å². The van der Waals surface area contributed by atoms with E-state index in [4.69, 9.17) is 5.11 Å². The minimum Gasteiger partial charge on any atom is -1.00 e. The van der Waals surface area contributed by atoms with Crippen LogP contribution in [0.5, 0.6) is 0 Å². The smallest absolute Gasteiger partial charge is 1.00 e. The summed E-state index contributed by atoms with van der Waals surface area (Å²) in [5, 5.41) is 8.98. The zero-order valence-electron chi connectivity index (χ0n) is 13.3. The molecule has 0 fully saturated rings. The van der Waals surface area contributed by atoms with Crippen LogP contribution in [0.2, 0.25) is 0 Å². The van der Waals surface area contributed by atoms with E-state index in [0.717, 1.165) is 19.3 Å². The number of allylic oxidation sites excluding steroid dienone is 5. The van der Waals surface area contributed by atoms with Crippen LogP contribution in [0.3, 0.4) is 0 Å². The van der Waals surface area contributed by atoms with E-state index < -0.39 is 21.3 Å². The maximum absolute atomic E-state index is 8.98. The average molecular weight is 429 g/mol. The van der Waals surface area contributed by atoms with Crippen LogP contribution in [-0.4, -0.2) is 15.4 Å². The van der Waals surface area contributed by atoms with Gasteiger partial charge in [0, 0.05) is 0 Å². The molecule has 0 saturated carbocycles. The van der Waals surface area contributed by atoms with Gasteiger partial charge in [-0.2, -0.15) is 0 Å². The van der Waals surface area contributed by atoms with Crippen LogP contribution >= 0.6 is 0 Å². The summed E-state index contributed by atoms with van der Waals surface area (Å²) in [6.45, 7) is 2.56. The van der Waals surface area contributed by atoms with Gasteiger partial charge in [-0.05, 0) is 0 Å². The van der Waals surface area contributed by atoms with Crippen LogP contribution in [0.25, 0.3) is 6.08 Å². The van der Waals surface area contributed by atoms with Crippen molar-refractivity contribution < 1.29 is 51.2 Å². The molecule has 0 spiro atoms. The van der Waals surface area contributed by atoms with Crippen LogP contribution in [0, 0.1) is 0 Å². The Hall–Kier alpha value is -0.267. The molecule has 2 aliphatic rings. The molecule has 1 aromatic carbocycles. The molecule has 1 unspecified atom stereocenters. The van der Waals surface area contributed by atoms with Crippen molar-refractivity contribution in [2.45, 2.75) is 29.8 Å². The normalized spacial score (nSPS) is 17.9. The Balaban J connectivity index is 0.00000132. The predicted octanol–water partition coefficient (Wildman–Crippen LogP) is -1.81. The Morgan fingerprint density at radius 3 is 2.78 bits per heavy atom. The summed E-state index contributed by atoms with van der Waals surface area (Å²) in [6, 6.07) is 8.84. The summed E-state index contributed by atoms with van der Waals surface area (Å²) in [5.41, 5.74) is 4.39. The first-order valence-corrected chi connectivity index (χ1v) is 11.8. The first-order chi connectivity index (χ1) is 10.3. The molecule has 4 heteroatoms. The number of aliphatic hydroxyl groups excluding tert-OH is 1. The minimum atomic E-state index is -1.75. The van der Waals surface area contributed by atoms with Crippen molar-refractivity contribution in [3.8, 4) is 0 Å². The molecule has 122 valence electrons. The fourth-order valence-corrected chi connectivity index (χ4v) is 10.0. The molecule has 0 radical (unpaired) electrons. The molecule has 0 saturated heterocycles. The maximum Gasteiger partial charge on any atom is -1.00 e. The number of rotatable bonds is 5. The predicted molar refractivity (Wildman–Crippen MR) is 87.1 cm³/mol. The van der Waals surface area contributed by atoms with Crippen LogP contribution in [0.15, 0.2) is 51.3 Å². The van der Waals surface area contributed by atoms with E-state index in [1.807, 2.05) is 0 Å². The number of benzene rings is 1. The van der Waals surface area contributed by atoms with E-state index in [0.29, 0.717) is 10.2 Å². The van der Waals surface area contributed by atoms with Crippen LogP contribution in [0.4, 0.5) is 0 Å². The van der Waals surface area contributed by atoms with E-state index in [2.05, 4.69) is 59.2 Å². The van der Waals surface area contributed by atoms with Gasteiger partial charge >= 0.3 is 135 Å². The van der Waals surface area contributed by atoms with E-state index in [9.17, 15) is 0 Å². The third kappa shape index (κ3) is 4.63. The Kier molecular flexibility index (Phi) is 8.94. The molecular weight excluding hydrogens is 406 g/mol. The Bertz CT molecular complexity index is 659. The molecular formula is C19H22Cl2OZr. The van der Waals surface area contributed by atoms with Gasteiger partial charge in [-0.25, -0.2) is 0 Å². The zero-order valence-corrected chi connectivity index (χ0v) is 17.3.